The van der Waals surface area contributed by atoms with Crippen molar-refractivity contribution in [2.24, 2.45) is 5.92 Å². The van der Waals surface area contributed by atoms with Gasteiger partial charge in [-0.3, -0.25) is 4.79 Å². The minimum atomic E-state index is -0.992. The summed E-state index contributed by atoms with van der Waals surface area (Å²) in [5.41, 5.74) is 1.03. The molecule has 0 saturated heterocycles. The predicted molar refractivity (Wildman–Crippen MR) is 58.4 cm³/mol. The van der Waals surface area contributed by atoms with Crippen LogP contribution >= 0.6 is 0 Å². The van der Waals surface area contributed by atoms with Gasteiger partial charge in [0.05, 0.1) is 0 Å². The molecule has 0 aliphatic rings. The maximum Gasteiger partial charge on any atom is 0.254 e. The van der Waals surface area contributed by atoms with Crippen LogP contribution in [0.4, 0.5) is 5.82 Å². The van der Waals surface area contributed by atoms with E-state index < -0.39 is 12.0 Å². The Morgan fingerprint density at radius 3 is 2.60 bits per heavy atom. The predicted octanol–water partition coefficient (Wildman–Crippen LogP) is 1.35. The molecule has 1 aromatic rings. The van der Waals surface area contributed by atoms with Crippen molar-refractivity contribution in [3.05, 3.63) is 23.9 Å². The lowest BCUT2D eigenvalue weighted by Crippen LogP contribution is -2.32. The summed E-state index contributed by atoms with van der Waals surface area (Å²) in [5, 5.41) is 12.0. The number of aliphatic hydroxyl groups excluding tert-OH is 1. The van der Waals surface area contributed by atoms with E-state index >= 15 is 0 Å². The number of aryl methyl sites for hydroxylation is 1. The van der Waals surface area contributed by atoms with E-state index in [9.17, 15) is 9.90 Å². The molecule has 0 aliphatic heterocycles. The lowest BCUT2D eigenvalue weighted by molar-refractivity contribution is -0.125. The molecule has 0 unspecified atom stereocenters. The molecule has 0 saturated carbocycles. The van der Waals surface area contributed by atoms with Crippen molar-refractivity contribution in [2.45, 2.75) is 26.9 Å². The fraction of sp³-hybridized carbons (Fsp3) is 0.455. The summed E-state index contributed by atoms with van der Waals surface area (Å²) < 4.78 is 0. The van der Waals surface area contributed by atoms with Crippen molar-refractivity contribution in [1.29, 1.82) is 0 Å². The molecular weight excluding hydrogens is 192 g/mol. The van der Waals surface area contributed by atoms with Gasteiger partial charge in [-0.05, 0) is 24.5 Å². The Balaban J connectivity index is 2.62. The van der Waals surface area contributed by atoms with Crippen LogP contribution in [0.15, 0.2) is 18.3 Å². The van der Waals surface area contributed by atoms with E-state index in [0.29, 0.717) is 5.82 Å². The van der Waals surface area contributed by atoms with Crippen LogP contribution in [-0.2, 0) is 4.79 Å². The fourth-order valence-electron chi connectivity index (χ4n) is 1.04. The molecule has 4 heteroatoms. The van der Waals surface area contributed by atoms with Crippen LogP contribution in [0.2, 0.25) is 0 Å². The highest BCUT2D eigenvalue weighted by molar-refractivity contribution is 5.93. The monoisotopic (exact) mass is 208 g/mol. The molecule has 82 valence electrons. The number of carbonyl (C=O) groups excluding carboxylic acids is 1. The van der Waals surface area contributed by atoms with Gasteiger partial charge >= 0.3 is 0 Å². The zero-order valence-electron chi connectivity index (χ0n) is 9.19. The van der Waals surface area contributed by atoms with E-state index in [1.54, 1.807) is 26.1 Å². The summed E-state index contributed by atoms with van der Waals surface area (Å²) in [6.07, 6.45) is 0.672. The van der Waals surface area contributed by atoms with Crippen molar-refractivity contribution in [1.82, 2.24) is 4.98 Å². The fourth-order valence-corrected chi connectivity index (χ4v) is 1.04. The molecule has 1 heterocycles. The summed E-state index contributed by atoms with van der Waals surface area (Å²) in [7, 11) is 0. The molecule has 1 aromatic heterocycles. The number of amides is 1. The number of anilines is 1. The number of hydrogen-bond donors (Lipinski definition) is 2. The second kappa shape index (κ2) is 4.89. The number of aliphatic hydroxyl groups is 1. The van der Waals surface area contributed by atoms with Gasteiger partial charge in [0, 0.05) is 6.20 Å². The van der Waals surface area contributed by atoms with Crippen molar-refractivity contribution in [2.75, 3.05) is 5.32 Å². The van der Waals surface area contributed by atoms with Crippen LogP contribution in [0.5, 0.6) is 0 Å². The first kappa shape index (κ1) is 11.7. The molecule has 0 bridgehead atoms. The van der Waals surface area contributed by atoms with Crippen molar-refractivity contribution >= 4 is 11.7 Å². The number of hydrogen-bond acceptors (Lipinski definition) is 3. The van der Waals surface area contributed by atoms with E-state index in [1.807, 2.05) is 13.0 Å². The lowest BCUT2D eigenvalue weighted by Gasteiger charge is -2.13. The minimum Gasteiger partial charge on any atom is -0.383 e. The van der Waals surface area contributed by atoms with E-state index in [2.05, 4.69) is 10.3 Å². The third kappa shape index (κ3) is 3.32. The van der Waals surface area contributed by atoms with Crippen molar-refractivity contribution in [3.63, 3.8) is 0 Å². The first-order chi connectivity index (χ1) is 7.00. The minimum absolute atomic E-state index is 0.101. The summed E-state index contributed by atoms with van der Waals surface area (Å²) in [5.74, 6) is -0.0536. The molecule has 15 heavy (non-hydrogen) atoms. The SMILES string of the molecule is Cc1ccc(NC(=O)[C@H](O)C(C)C)nc1. The molecule has 0 aliphatic carbocycles. The highest BCUT2D eigenvalue weighted by Gasteiger charge is 2.18. The largest absolute Gasteiger partial charge is 0.383 e. The normalized spacial score (nSPS) is 12.6. The number of nitrogens with one attached hydrogen (secondary N) is 1. The van der Waals surface area contributed by atoms with Crippen LogP contribution in [0.25, 0.3) is 0 Å². The highest BCUT2D eigenvalue weighted by atomic mass is 16.3. The summed E-state index contributed by atoms with van der Waals surface area (Å²) in [4.78, 5) is 15.5. The number of aromatic nitrogens is 1. The van der Waals surface area contributed by atoms with Gasteiger partial charge in [-0.2, -0.15) is 0 Å². The van der Waals surface area contributed by atoms with Gasteiger partial charge in [0.15, 0.2) is 0 Å². The molecule has 0 aromatic carbocycles. The Hall–Kier alpha value is -1.42. The van der Waals surface area contributed by atoms with Crippen LogP contribution < -0.4 is 5.32 Å². The van der Waals surface area contributed by atoms with Crippen LogP contribution in [0.3, 0.4) is 0 Å². The maximum atomic E-state index is 11.4. The molecular formula is C11H16N2O2. The second-order valence-corrected chi connectivity index (χ2v) is 3.90. The van der Waals surface area contributed by atoms with Gasteiger partial charge in [0.25, 0.3) is 5.91 Å². The lowest BCUT2D eigenvalue weighted by atomic mass is 10.1. The van der Waals surface area contributed by atoms with Gasteiger partial charge in [0.1, 0.15) is 11.9 Å². The van der Waals surface area contributed by atoms with Crippen molar-refractivity contribution < 1.29 is 9.90 Å². The van der Waals surface area contributed by atoms with Crippen molar-refractivity contribution in [3.8, 4) is 0 Å². The van der Waals surface area contributed by atoms with E-state index in [1.165, 1.54) is 0 Å². The van der Waals surface area contributed by atoms with Crippen LogP contribution in [-0.4, -0.2) is 22.1 Å². The number of rotatable bonds is 3. The molecule has 1 amide bonds. The van der Waals surface area contributed by atoms with E-state index in [4.69, 9.17) is 0 Å². The van der Waals surface area contributed by atoms with Gasteiger partial charge in [0.2, 0.25) is 0 Å². The average Bonchev–Trinajstić information content (AvgIpc) is 2.20. The Morgan fingerprint density at radius 1 is 1.47 bits per heavy atom. The molecule has 4 nitrogen and oxygen atoms in total. The average molecular weight is 208 g/mol. The zero-order chi connectivity index (χ0) is 11.4. The molecule has 0 radical (unpaired) electrons. The smallest absolute Gasteiger partial charge is 0.254 e. The third-order valence-electron chi connectivity index (χ3n) is 2.06. The Morgan fingerprint density at radius 2 is 2.13 bits per heavy atom. The van der Waals surface area contributed by atoms with Gasteiger partial charge in [-0.25, -0.2) is 4.98 Å². The van der Waals surface area contributed by atoms with E-state index in [-0.39, 0.29) is 5.92 Å². The van der Waals surface area contributed by atoms with Crippen LogP contribution in [0, 0.1) is 12.8 Å². The molecule has 2 N–H and O–H groups in total. The molecule has 0 spiro atoms. The topological polar surface area (TPSA) is 62.2 Å². The van der Waals surface area contributed by atoms with Gasteiger partial charge in [-0.15, -0.1) is 0 Å². The summed E-state index contributed by atoms with van der Waals surface area (Å²) >= 11 is 0. The summed E-state index contributed by atoms with van der Waals surface area (Å²) in [6, 6.07) is 3.56. The second-order valence-electron chi connectivity index (χ2n) is 3.90. The Kier molecular flexibility index (Phi) is 3.80. The number of carbonyl (C=O) groups is 1. The first-order valence-corrected chi connectivity index (χ1v) is 4.92. The van der Waals surface area contributed by atoms with E-state index in [0.717, 1.165) is 5.56 Å². The standard InChI is InChI=1S/C11H16N2O2/c1-7(2)10(14)11(15)13-9-5-4-8(3)6-12-9/h4-7,10,14H,1-3H3,(H,12,13,15)/t10-/m1/s1. The Labute approximate surface area is 89.3 Å². The zero-order valence-corrected chi connectivity index (χ0v) is 9.19. The molecule has 1 rings (SSSR count). The Bertz CT molecular complexity index is 333. The number of nitrogens with zero attached hydrogens (tertiary/aromatic N) is 1. The summed E-state index contributed by atoms with van der Waals surface area (Å²) in [6.45, 7) is 5.49. The highest BCUT2D eigenvalue weighted by Crippen LogP contribution is 2.07. The van der Waals surface area contributed by atoms with Gasteiger partial charge in [-0.1, -0.05) is 19.9 Å². The molecule has 0 fully saturated rings. The van der Waals surface area contributed by atoms with Gasteiger partial charge < -0.3 is 10.4 Å². The number of pyridine rings is 1. The first-order valence-electron chi connectivity index (χ1n) is 4.92. The van der Waals surface area contributed by atoms with Crippen LogP contribution in [0.1, 0.15) is 19.4 Å². The third-order valence-corrected chi connectivity index (χ3v) is 2.06. The quantitative estimate of drug-likeness (QED) is 0.788. The molecule has 1 atom stereocenters. The maximum absolute atomic E-state index is 11.4.